The van der Waals surface area contributed by atoms with Gasteiger partial charge in [0, 0.05) is 24.4 Å². The minimum Gasteiger partial charge on any atom is -0.394 e. The molecule has 23 heavy (non-hydrogen) atoms. The van der Waals surface area contributed by atoms with Crippen LogP contribution in [0, 0.1) is 5.82 Å². The molecule has 3 rings (SSSR count). The Labute approximate surface area is 140 Å². The van der Waals surface area contributed by atoms with E-state index < -0.39 is 0 Å². The minimum absolute atomic E-state index is 0.110. The maximum atomic E-state index is 13.2. The van der Waals surface area contributed by atoms with Gasteiger partial charge in [0.1, 0.15) is 5.82 Å². The van der Waals surface area contributed by atoms with Crippen LogP contribution in [0.1, 0.15) is 30.0 Å². The number of likely N-dealkylation sites (tertiary alicyclic amines) is 1. The van der Waals surface area contributed by atoms with Gasteiger partial charge in [-0.15, -0.1) is 0 Å². The fourth-order valence-corrected chi connectivity index (χ4v) is 3.46. The zero-order valence-corrected chi connectivity index (χ0v) is 13.7. The highest BCUT2D eigenvalue weighted by molar-refractivity contribution is 6.30. The monoisotopic (exact) mass is 337 g/mol. The van der Waals surface area contributed by atoms with Gasteiger partial charge in [0.25, 0.3) is 0 Å². The predicted molar refractivity (Wildman–Crippen MR) is 88.0 cm³/mol. The largest absolute Gasteiger partial charge is 0.394 e. The second-order valence-corrected chi connectivity index (χ2v) is 6.41. The molecule has 1 fully saturated rings. The Bertz CT molecular complexity index is 653. The van der Waals surface area contributed by atoms with Crippen molar-refractivity contribution < 1.29 is 9.50 Å². The average molecular weight is 338 g/mol. The van der Waals surface area contributed by atoms with Gasteiger partial charge in [-0.1, -0.05) is 17.7 Å². The van der Waals surface area contributed by atoms with E-state index in [1.807, 2.05) is 4.68 Å². The van der Waals surface area contributed by atoms with E-state index in [-0.39, 0.29) is 17.4 Å². The molecule has 1 saturated heterocycles. The number of aliphatic hydroxyl groups is 1. The Kier molecular flexibility index (Phi) is 5.30. The number of hydrogen-bond acceptors (Lipinski definition) is 3. The number of hydrogen-bond donors (Lipinski definition) is 1. The molecule has 1 aromatic carbocycles. The van der Waals surface area contributed by atoms with E-state index in [0.29, 0.717) is 12.5 Å². The maximum absolute atomic E-state index is 13.2. The lowest BCUT2D eigenvalue weighted by atomic mass is 9.93. The standard InChI is InChI=1S/C17H21ClFN3O/c18-15-11-13(1-2-16(15)19)12-21-7-4-14(5-8-21)17-3-6-20-22(17)9-10-23/h1-3,6,11,14,23H,4-5,7-10,12H2. The SMILES string of the molecule is OCCn1nccc1C1CCN(Cc2ccc(F)c(Cl)c2)CC1. The molecule has 2 aromatic rings. The Morgan fingerprint density at radius 3 is 2.74 bits per heavy atom. The van der Waals surface area contributed by atoms with Crippen LogP contribution in [0.3, 0.4) is 0 Å². The summed E-state index contributed by atoms with van der Waals surface area (Å²) >= 11 is 5.85. The number of rotatable bonds is 5. The first kappa shape index (κ1) is 16.4. The first-order valence-electron chi connectivity index (χ1n) is 7.96. The fourth-order valence-electron chi connectivity index (χ4n) is 3.25. The topological polar surface area (TPSA) is 41.3 Å². The Morgan fingerprint density at radius 1 is 1.26 bits per heavy atom. The predicted octanol–water partition coefficient (Wildman–Crippen LogP) is 3.05. The van der Waals surface area contributed by atoms with Gasteiger partial charge in [0.05, 0.1) is 18.2 Å². The summed E-state index contributed by atoms with van der Waals surface area (Å²) < 4.78 is 15.1. The van der Waals surface area contributed by atoms with Crippen LogP contribution in [0.4, 0.5) is 4.39 Å². The molecule has 0 radical (unpaired) electrons. The molecule has 0 unspecified atom stereocenters. The van der Waals surface area contributed by atoms with E-state index >= 15 is 0 Å². The smallest absolute Gasteiger partial charge is 0.141 e. The quantitative estimate of drug-likeness (QED) is 0.911. The third-order valence-corrected chi connectivity index (χ3v) is 4.75. The van der Waals surface area contributed by atoms with Crippen molar-refractivity contribution in [3.05, 3.63) is 52.6 Å². The first-order chi connectivity index (χ1) is 11.2. The first-order valence-corrected chi connectivity index (χ1v) is 8.34. The summed E-state index contributed by atoms with van der Waals surface area (Å²) in [5.41, 5.74) is 2.25. The third kappa shape index (κ3) is 3.91. The zero-order chi connectivity index (χ0) is 16.2. The second kappa shape index (κ2) is 7.43. The van der Waals surface area contributed by atoms with E-state index in [0.717, 1.165) is 38.0 Å². The summed E-state index contributed by atoms with van der Waals surface area (Å²) in [7, 11) is 0. The Morgan fingerprint density at radius 2 is 2.04 bits per heavy atom. The maximum Gasteiger partial charge on any atom is 0.141 e. The molecule has 0 aliphatic carbocycles. The molecular weight excluding hydrogens is 317 g/mol. The number of aromatic nitrogens is 2. The molecule has 0 saturated carbocycles. The van der Waals surface area contributed by atoms with Crippen molar-refractivity contribution in [2.75, 3.05) is 19.7 Å². The van der Waals surface area contributed by atoms with Crippen molar-refractivity contribution in [3.8, 4) is 0 Å². The van der Waals surface area contributed by atoms with Crippen LogP contribution in [0.15, 0.2) is 30.5 Å². The molecule has 1 aliphatic rings. The number of piperidine rings is 1. The van der Waals surface area contributed by atoms with Gasteiger partial charge >= 0.3 is 0 Å². The molecular formula is C17H21ClFN3O. The normalized spacial score (nSPS) is 16.8. The Hall–Kier alpha value is -1.43. The summed E-state index contributed by atoms with van der Waals surface area (Å²) in [6.07, 6.45) is 3.93. The van der Waals surface area contributed by atoms with Gasteiger partial charge in [0.2, 0.25) is 0 Å². The van der Waals surface area contributed by atoms with E-state index in [2.05, 4.69) is 16.1 Å². The van der Waals surface area contributed by atoms with Crippen molar-refractivity contribution in [2.24, 2.45) is 0 Å². The molecule has 0 spiro atoms. The van der Waals surface area contributed by atoms with Gasteiger partial charge in [-0.3, -0.25) is 9.58 Å². The number of halogens is 2. The summed E-state index contributed by atoms with van der Waals surface area (Å²) in [6, 6.07) is 6.98. The lowest BCUT2D eigenvalue weighted by Crippen LogP contribution is -2.33. The van der Waals surface area contributed by atoms with Crippen molar-refractivity contribution in [1.29, 1.82) is 0 Å². The summed E-state index contributed by atoms with van der Waals surface area (Å²) in [6.45, 7) is 3.44. The van der Waals surface area contributed by atoms with Gasteiger partial charge in [-0.05, 0) is 49.7 Å². The molecule has 4 nitrogen and oxygen atoms in total. The van der Waals surface area contributed by atoms with Gasteiger partial charge in [0.15, 0.2) is 0 Å². The van der Waals surface area contributed by atoms with Crippen molar-refractivity contribution in [1.82, 2.24) is 14.7 Å². The van der Waals surface area contributed by atoms with Gasteiger partial charge in [-0.2, -0.15) is 5.10 Å². The molecule has 1 N–H and O–H groups in total. The van der Waals surface area contributed by atoms with E-state index in [4.69, 9.17) is 16.7 Å². The number of nitrogens with zero attached hydrogens (tertiary/aromatic N) is 3. The van der Waals surface area contributed by atoms with Crippen molar-refractivity contribution in [3.63, 3.8) is 0 Å². The zero-order valence-electron chi connectivity index (χ0n) is 13.0. The van der Waals surface area contributed by atoms with Gasteiger partial charge < -0.3 is 5.11 Å². The van der Waals surface area contributed by atoms with Gasteiger partial charge in [-0.25, -0.2) is 4.39 Å². The highest BCUT2D eigenvalue weighted by atomic mass is 35.5. The Balaban J connectivity index is 1.57. The van der Waals surface area contributed by atoms with Crippen LogP contribution in [0.25, 0.3) is 0 Å². The minimum atomic E-state index is -0.369. The van der Waals surface area contributed by atoms with Crippen LogP contribution in [-0.2, 0) is 13.1 Å². The lowest BCUT2D eigenvalue weighted by Gasteiger charge is -2.32. The molecule has 0 atom stereocenters. The highest BCUT2D eigenvalue weighted by Crippen LogP contribution is 2.28. The molecule has 1 aliphatic heterocycles. The molecule has 1 aromatic heterocycles. The van der Waals surface area contributed by atoms with Crippen LogP contribution >= 0.6 is 11.6 Å². The summed E-state index contributed by atoms with van der Waals surface area (Å²) in [4.78, 5) is 2.37. The van der Waals surface area contributed by atoms with Crippen molar-refractivity contribution in [2.45, 2.75) is 31.8 Å². The van der Waals surface area contributed by atoms with Crippen LogP contribution < -0.4 is 0 Å². The molecule has 2 heterocycles. The summed E-state index contributed by atoms with van der Waals surface area (Å²) in [5, 5.41) is 13.6. The fraction of sp³-hybridized carbons (Fsp3) is 0.471. The van der Waals surface area contributed by atoms with Crippen molar-refractivity contribution >= 4 is 11.6 Å². The summed E-state index contributed by atoms with van der Waals surface area (Å²) in [5.74, 6) is 0.114. The molecule has 6 heteroatoms. The number of benzene rings is 1. The third-order valence-electron chi connectivity index (χ3n) is 4.46. The molecule has 0 amide bonds. The molecule has 124 valence electrons. The van der Waals surface area contributed by atoms with Crippen LogP contribution in [-0.4, -0.2) is 39.5 Å². The number of aliphatic hydroxyl groups excluding tert-OH is 1. The highest BCUT2D eigenvalue weighted by Gasteiger charge is 2.23. The van der Waals surface area contributed by atoms with Crippen LogP contribution in [0.2, 0.25) is 5.02 Å². The van der Waals surface area contributed by atoms with Crippen LogP contribution in [0.5, 0.6) is 0 Å². The lowest BCUT2D eigenvalue weighted by molar-refractivity contribution is 0.199. The second-order valence-electron chi connectivity index (χ2n) is 6.00. The molecule has 0 bridgehead atoms. The van der Waals surface area contributed by atoms with E-state index in [1.54, 1.807) is 18.3 Å². The average Bonchev–Trinajstić information content (AvgIpc) is 3.00. The van der Waals surface area contributed by atoms with E-state index in [1.165, 1.54) is 11.8 Å². The van der Waals surface area contributed by atoms with E-state index in [9.17, 15) is 4.39 Å².